The fourth-order valence-electron chi connectivity index (χ4n) is 2.74. The van der Waals surface area contributed by atoms with Crippen molar-refractivity contribution in [2.75, 3.05) is 13.1 Å². The van der Waals surface area contributed by atoms with Crippen LogP contribution in [0.1, 0.15) is 30.1 Å². The minimum atomic E-state index is -0.156. The highest BCUT2D eigenvalue weighted by Gasteiger charge is 2.29. The number of likely N-dealkylation sites (tertiary alicyclic amines) is 1. The molecule has 1 aliphatic heterocycles. The van der Waals surface area contributed by atoms with Crippen molar-refractivity contribution in [3.05, 3.63) is 42.5 Å². The van der Waals surface area contributed by atoms with Crippen LogP contribution in [0.5, 0.6) is 0 Å². The molecule has 2 aromatic rings. The SMILES string of the molecule is CCCN1C[C@@H](NC(=O)c2ccc(-n3cnnc3)cc2)CC1=O. The molecule has 0 spiro atoms. The Balaban J connectivity index is 1.62. The molecule has 3 rings (SSSR count). The minimum absolute atomic E-state index is 0.111. The largest absolute Gasteiger partial charge is 0.347 e. The Hall–Kier alpha value is -2.70. The summed E-state index contributed by atoms with van der Waals surface area (Å²) in [5, 5.41) is 10.4. The predicted molar refractivity (Wildman–Crippen MR) is 84.1 cm³/mol. The lowest BCUT2D eigenvalue weighted by Crippen LogP contribution is -2.37. The lowest BCUT2D eigenvalue weighted by atomic mass is 10.1. The van der Waals surface area contributed by atoms with Crippen LogP contribution >= 0.6 is 0 Å². The normalized spacial score (nSPS) is 17.5. The predicted octanol–water partition coefficient (Wildman–Crippen LogP) is 1.01. The van der Waals surface area contributed by atoms with Crippen LogP contribution in [0, 0.1) is 0 Å². The fourth-order valence-corrected chi connectivity index (χ4v) is 2.74. The van der Waals surface area contributed by atoms with E-state index in [-0.39, 0.29) is 17.9 Å². The van der Waals surface area contributed by atoms with Crippen molar-refractivity contribution >= 4 is 11.8 Å². The fraction of sp³-hybridized carbons (Fsp3) is 0.375. The van der Waals surface area contributed by atoms with Gasteiger partial charge in [0.25, 0.3) is 5.91 Å². The quantitative estimate of drug-likeness (QED) is 0.893. The number of hydrogen-bond donors (Lipinski definition) is 1. The topological polar surface area (TPSA) is 80.1 Å². The van der Waals surface area contributed by atoms with Crippen LogP contribution in [-0.4, -0.2) is 50.6 Å². The summed E-state index contributed by atoms with van der Waals surface area (Å²) < 4.78 is 1.76. The van der Waals surface area contributed by atoms with Gasteiger partial charge in [-0.15, -0.1) is 10.2 Å². The van der Waals surface area contributed by atoms with Crippen molar-refractivity contribution in [3.8, 4) is 5.69 Å². The Morgan fingerprint density at radius 2 is 1.96 bits per heavy atom. The Labute approximate surface area is 134 Å². The van der Waals surface area contributed by atoms with E-state index < -0.39 is 0 Å². The van der Waals surface area contributed by atoms with Crippen LogP contribution < -0.4 is 5.32 Å². The third kappa shape index (κ3) is 3.39. The summed E-state index contributed by atoms with van der Waals surface area (Å²) in [5.41, 5.74) is 1.46. The maximum absolute atomic E-state index is 12.3. The van der Waals surface area contributed by atoms with Gasteiger partial charge in [-0.05, 0) is 30.7 Å². The van der Waals surface area contributed by atoms with Crippen LogP contribution in [0.3, 0.4) is 0 Å². The monoisotopic (exact) mass is 313 g/mol. The Bertz CT molecular complexity index is 681. The van der Waals surface area contributed by atoms with E-state index in [0.29, 0.717) is 18.5 Å². The van der Waals surface area contributed by atoms with E-state index in [4.69, 9.17) is 0 Å². The molecule has 0 unspecified atom stereocenters. The molecule has 0 aliphatic carbocycles. The molecule has 0 radical (unpaired) electrons. The van der Waals surface area contributed by atoms with Gasteiger partial charge in [-0.2, -0.15) is 0 Å². The minimum Gasteiger partial charge on any atom is -0.347 e. The first-order valence-corrected chi connectivity index (χ1v) is 7.71. The van der Waals surface area contributed by atoms with Crippen LogP contribution in [0.15, 0.2) is 36.9 Å². The van der Waals surface area contributed by atoms with Gasteiger partial charge in [-0.3, -0.25) is 14.2 Å². The molecule has 2 amide bonds. The third-order valence-electron chi connectivity index (χ3n) is 3.89. The maximum Gasteiger partial charge on any atom is 0.251 e. The van der Waals surface area contributed by atoms with E-state index >= 15 is 0 Å². The summed E-state index contributed by atoms with van der Waals surface area (Å²) in [4.78, 5) is 25.9. The first-order valence-electron chi connectivity index (χ1n) is 7.71. The van der Waals surface area contributed by atoms with E-state index in [9.17, 15) is 9.59 Å². The van der Waals surface area contributed by atoms with Gasteiger partial charge in [0.15, 0.2) is 0 Å². The zero-order valence-corrected chi connectivity index (χ0v) is 13.0. The molecule has 1 aromatic heterocycles. The second-order valence-electron chi connectivity index (χ2n) is 5.63. The van der Waals surface area contributed by atoms with Gasteiger partial charge in [0, 0.05) is 30.8 Å². The summed E-state index contributed by atoms with van der Waals surface area (Å²) >= 11 is 0. The van der Waals surface area contributed by atoms with Crippen LogP contribution in [-0.2, 0) is 4.79 Å². The molecule has 1 aliphatic rings. The lowest BCUT2D eigenvalue weighted by molar-refractivity contribution is -0.127. The zero-order chi connectivity index (χ0) is 16.2. The molecule has 2 heterocycles. The highest BCUT2D eigenvalue weighted by atomic mass is 16.2. The molecule has 120 valence electrons. The number of rotatable bonds is 5. The van der Waals surface area contributed by atoms with E-state index in [1.807, 2.05) is 19.1 Å². The third-order valence-corrected chi connectivity index (χ3v) is 3.89. The van der Waals surface area contributed by atoms with Gasteiger partial charge in [0.2, 0.25) is 5.91 Å². The standard InChI is InChI=1S/C16H19N5O2/c1-2-7-20-9-13(8-15(20)22)19-16(23)12-3-5-14(6-4-12)21-10-17-18-11-21/h3-6,10-11,13H,2,7-9H2,1H3,(H,19,23)/t13-/m0/s1. The zero-order valence-electron chi connectivity index (χ0n) is 13.0. The summed E-state index contributed by atoms with van der Waals surface area (Å²) in [5.74, 6) is -0.0449. The van der Waals surface area contributed by atoms with Crippen LogP contribution in [0.25, 0.3) is 5.69 Å². The van der Waals surface area contributed by atoms with Crippen molar-refractivity contribution in [2.24, 2.45) is 0 Å². The van der Waals surface area contributed by atoms with Gasteiger partial charge >= 0.3 is 0 Å². The summed E-state index contributed by atoms with van der Waals surface area (Å²) in [6.45, 7) is 3.38. The molecule has 1 atom stereocenters. The first kappa shape index (κ1) is 15.2. The van der Waals surface area contributed by atoms with Crippen molar-refractivity contribution in [1.29, 1.82) is 0 Å². The number of carbonyl (C=O) groups is 2. The van der Waals surface area contributed by atoms with E-state index in [1.54, 1.807) is 34.3 Å². The number of carbonyl (C=O) groups excluding carboxylic acids is 2. The number of amides is 2. The summed E-state index contributed by atoms with van der Waals surface area (Å²) in [6, 6.07) is 7.07. The van der Waals surface area contributed by atoms with Gasteiger partial charge in [-0.25, -0.2) is 0 Å². The van der Waals surface area contributed by atoms with Crippen LogP contribution in [0.4, 0.5) is 0 Å². The van der Waals surface area contributed by atoms with Crippen LogP contribution in [0.2, 0.25) is 0 Å². The number of nitrogens with zero attached hydrogens (tertiary/aromatic N) is 4. The lowest BCUT2D eigenvalue weighted by Gasteiger charge is -2.16. The van der Waals surface area contributed by atoms with E-state index in [0.717, 1.165) is 18.7 Å². The van der Waals surface area contributed by atoms with Gasteiger partial charge in [-0.1, -0.05) is 6.92 Å². The molecular formula is C16H19N5O2. The first-order chi connectivity index (χ1) is 11.2. The molecule has 7 nitrogen and oxygen atoms in total. The average molecular weight is 313 g/mol. The summed E-state index contributed by atoms with van der Waals surface area (Å²) in [7, 11) is 0. The molecule has 1 saturated heterocycles. The molecule has 1 N–H and O–H groups in total. The van der Waals surface area contributed by atoms with E-state index in [2.05, 4.69) is 15.5 Å². The highest BCUT2D eigenvalue weighted by molar-refractivity contribution is 5.95. The molecule has 23 heavy (non-hydrogen) atoms. The van der Waals surface area contributed by atoms with Crippen molar-refractivity contribution in [3.63, 3.8) is 0 Å². The Kier molecular flexibility index (Phi) is 4.36. The number of aromatic nitrogens is 3. The molecular weight excluding hydrogens is 294 g/mol. The van der Waals surface area contributed by atoms with E-state index in [1.165, 1.54) is 0 Å². The van der Waals surface area contributed by atoms with Crippen molar-refractivity contribution < 1.29 is 9.59 Å². The van der Waals surface area contributed by atoms with Gasteiger partial charge < -0.3 is 10.2 Å². The molecule has 1 fully saturated rings. The highest BCUT2D eigenvalue weighted by Crippen LogP contribution is 2.13. The summed E-state index contributed by atoms with van der Waals surface area (Å²) in [6.07, 6.45) is 4.50. The average Bonchev–Trinajstić information content (AvgIpc) is 3.19. The van der Waals surface area contributed by atoms with Crippen molar-refractivity contribution in [1.82, 2.24) is 25.0 Å². The van der Waals surface area contributed by atoms with Crippen molar-refractivity contribution in [2.45, 2.75) is 25.8 Å². The smallest absolute Gasteiger partial charge is 0.251 e. The molecule has 7 heteroatoms. The molecule has 1 aromatic carbocycles. The second-order valence-corrected chi connectivity index (χ2v) is 5.63. The maximum atomic E-state index is 12.3. The molecule has 0 bridgehead atoms. The number of hydrogen-bond acceptors (Lipinski definition) is 4. The van der Waals surface area contributed by atoms with Gasteiger partial charge in [0.05, 0.1) is 6.04 Å². The number of nitrogens with one attached hydrogen (secondary N) is 1. The second kappa shape index (κ2) is 6.60. The Morgan fingerprint density at radius 3 is 2.61 bits per heavy atom. The molecule has 0 saturated carbocycles. The Morgan fingerprint density at radius 1 is 1.26 bits per heavy atom. The number of benzene rings is 1. The van der Waals surface area contributed by atoms with Gasteiger partial charge in [0.1, 0.15) is 12.7 Å².